The molecule has 1 aliphatic carbocycles. The molecule has 0 bridgehead atoms. The van der Waals surface area contributed by atoms with Crippen LogP contribution in [0.1, 0.15) is 39.5 Å². The number of nitrogens with one attached hydrogen (secondary N) is 2. The van der Waals surface area contributed by atoms with Crippen LogP contribution in [0.4, 0.5) is 0 Å². The second-order valence-corrected chi connectivity index (χ2v) is 5.58. The molecule has 0 aliphatic heterocycles. The number of rotatable bonds is 7. The topological polar surface area (TPSA) is 50.4 Å². The Morgan fingerprint density at radius 3 is 2.78 bits per heavy atom. The van der Waals surface area contributed by atoms with Gasteiger partial charge in [0.1, 0.15) is 0 Å². The maximum Gasteiger partial charge on any atom is 0.233 e. The van der Waals surface area contributed by atoms with Crippen molar-refractivity contribution in [3.05, 3.63) is 0 Å². The highest BCUT2D eigenvalue weighted by Crippen LogP contribution is 2.28. The average molecular weight is 256 g/mol. The van der Waals surface area contributed by atoms with Gasteiger partial charge in [-0.2, -0.15) is 0 Å². The van der Waals surface area contributed by atoms with Gasteiger partial charge in [0.05, 0.1) is 6.54 Å². The lowest BCUT2D eigenvalue weighted by Crippen LogP contribution is -2.44. The SMILES string of the molecule is COCCCNC(=O)CNC1CCC(C)CC1C. The smallest absolute Gasteiger partial charge is 0.233 e. The van der Waals surface area contributed by atoms with Gasteiger partial charge in [-0.15, -0.1) is 0 Å². The van der Waals surface area contributed by atoms with Gasteiger partial charge in [-0.1, -0.05) is 13.8 Å². The first kappa shape index (κ1) is 15.4. The standard InChI is InChI=1S/C14H28N2O2/c1-11-5-6-13(12(2)9-11)16-10-14(17)15-7-4-8-18-3/h11-13,16H,4-10H2,1-3H3,(H,15,17). The minimum Gasteiger partial charge on any atom is -0.385 e. The summed E-state index contributed by atoms with van der Waals surface area (Å²) in [5, 5.41) is 6.29. The summed E-state index contributed by atoms with van der Waals surface area (Å²) in [5.41, 5.74) is 0. The van der Waals surface area contributed by atoms with E-state index in [1.807, 2.05) is 0 Å². The normalized spacial score (nSPS) is 28.1. The Hall–Kier alpha value is -0.610. The first-order chi connectivity index (χ1) is 8.63. The van der Waals surface area contributed by atoms with Crippen LogP contribution in [-0.4, -0.2) is 38.8 Å². The van der Waals surface area contributed by atoms with E-state index in [1.54, 1.807) is 7.11 Å². The lowest BCUT2D eigenvalue weighted by Gasteiger charge is -2.33. The van der Waals surface area contributed by atoms with Crippen molar-refractivity contribution in [3.8, 4) is 0 Å². The molecule has 106 valence electrons. The minimum atomic E-state index is 0.0944. The molecule has 3 atom stereocenters. The number of amides is 1. The zero-order valence-corrected chi connectivity index (χ0v) is 12.0. The van der Waals surface area contributed by atoms with Crippen LogP contribution in [0.5, 0.6) is 0 Å². The van der Waals surface area contributed by atoms with Crippen molar-refractivity contribution in [2.45, 2.75) is 45.6 Å². The first-order valence-electron chi connectivity index (χ1n) is 7.12. The summed E-state index contributed by atoms with van der Waals surface area (Å²) in [6.07, 6.45) is 4.61. The molecule has 0 aromatic heterocycles. The predicted octanol–water partition coefficient (Wildman–Crippen LogP) is 1.55. The Morgan fingerprint density at radius 2 is 2.11 bits per heavy atom. The van der Waals surface area contributed by atoms with Gasteiger partial charge >= 0.3 is 0 Å². The van der Waals surface area contributed by atoms with Gasteiger partial charge in [-0.05, 0) is 37.5 Å². The molecule has 4 nitrogen and oxygen atoms in total. The molecule has 1 rings (SSSR count). The summed E-state index contributed by atoms with van der Waals surface area (Å²) in [7, 11) is 1.68. The van der Waals surface area contributed by atoms with Crippen LogP contribution in [0.25, 0.3) is 0 Å². The molecule has 0 spiro atoms. The van der Waals surface area contributed by atoms with E-state index >= 15 is 0 Å². The second kappa shape index (κ2) is 8.48. The van der Waals surface area contributed by atoms with Crippen LogP contribution in [0.15, 0.2) is 0 Å². The van der Waals surface area contributed by atoms with Crippen molar-refractivity contribution < 1.29 is 9.53 Å². The number of ether oxygens (including phenoxy) is 1. The molecule has 0 heterocycles. The van der Waals surface area contributed by atoms with Crippen LogP contribution in [0.2, 0.25) is 0 Å². The van der Waals surface area contributed by atoms with E-state index in [-0.39, 0.29) is 5.91 Å². The fraction of sp³-hybridized carbons (Fsp3) is 0.929. The Labute approximate surface area is 111 Å². The molecular formula is C14H28N2O2. The number of carbonyl (C=O) groups excluding carboxylic acids is 1. The number of hydrogen-bond acceptors (Lipinski definition) is 3. The molecule has 0 radical (unpaired) electrons. The minimum absolute atomic E-state index is 0.0944. The van der Waals surface area contributed by atoms with Gasteiger partial charge in [-0.25, -0.2) is 0 Å². The molecule has 4 heteroatoms. The molecule has 18 heavy (non-hydrogen) atoms. The lowest BCUT2D eigenvalue weighted by molar-refractivity contribution is -0.120. The van der Waals surface area contributed by atoms with Crippen molar-refractivity contribution in [1.29, 1.82) is 0 Å². The van der Waals surface area contributed by atoms with E-state index < -0.39 is 0 Å². The summed E-state index contributed by atoms with van der Waals surface area (Å²) in [5.74, 6) is 1.60. The summed E-state index contributed by atoms with van der Waals surface area (Å²) in [6, 6.07) is 0.505. The average Bonchev–Trinajstić information content (AvgIpc) is 2.33. The Bertz CT molecular complexity index is 246. The predicted molar refractivity (Wildman–Crippen MR) is 73.5 cm³/mol. The van der Waals surface area contributed by atoms with Crippen molar-refractivity contribution in [3.63, 3.8) is 0 Å². The van der Waals surface area contributed by atoms with Crippen LogP contribution < -0.4 is 10.6 Å². The van der Waals surface area contributed by atoms with Crippen molar-refractivity contribution in [1.82, 2.24) is 10.6 Å². The van der Waals surface area contributed by atoms with E-state index in [9.17, 15) is 4.79 Å². The zero-order chi connectivity index (χ0) is 13.4. The third-order valence-electron chi connectivity index (χ3n) is 3.80. The van der Waals surface area contributed by atoms with E-state index in [0.29, 0.717) is 31.7 Å². The fourth-order valence-corrected chi connectivity index (χ4v) is 2.70. The Morgan fingerprint density at radius 1 is 1.33 bits per heavy atom. The summed E-state index contributed by atoms with van der Waals surface area (Å²) >= 11 is 0. The van der Waals surface area contributed by atoms with Crippen LogP contribution in [0, 0.1) is 11.8 Å². The fourth-order valence-electron chi connectivity index (χ4n) is 2.70. The molecule has 0 saturated heterocycles. The quantitative estimate of drug-likeness (QED) is 0.680. The summed E-state index contributed by atoms with van der Waals surface area (Å²) in [6.45, 7) is 6.44. The number of carbonyl (C=O) groups is 1. The molecule has 1 aliphatic rings. The van der Waals surface area contributed by atoms with Crippen molar-refractivity contribution in [2.24, 2.45) is 11.8 Å². The molecule has 1 saturated carbocycles. The number of hydrogen-bond donors (Lipinski definition) is 2. The van der Waals surface area contributed by atoms with E-state index in [1.165, 1.54) is 19.3 Å². The van der Waals surface area contributed by atoms with E-state index in [0.717, 1.165) is 12.3 Å². The van der Waals surface area contributed by atoms with Gasteiger partial charge in [0, 0.05) is 26.3 Å². The molecule has 2 N–H and O–H groups in total. The highest BCUT2D eigenvalue weighted by atomic mass is 16.5. The second-order valence-electron chi connectivity index (χ2n) is 5.58. The maximum atomic E-state index is 11.6. The van der Waals surface area contributed by atoms with Crippen molar-refractivity contribution >= 4 is 5.91 Å². The maximum absolute atomic E-state index is 11.6. The highest BCUT2D eigenvalue weighted by molar-refractivity contribution is 5.77. The molecule has 0 aromatic carbocycles. The number of methoxy groups -OCH3 is 1. The van der Waals surface area contributed by atoms with Gasteiger partial charge in [0.25, 0.3) is 0 Å². The Balaban J connectivity index is 2.10. The van der Waals surface area contributed by atoms with Crippen LogP contribution in [0.3, 0.4) is 0 Å². The van der Waals surface area contributed by atoms with Gasteiger partial charge < -0.3 is 15.4 Å². The largest absolute Gasteiger partial charge is 0.385 e. The third kappa shape index (κ3) is 5.83. The van der Waals surface area contributed by atoms with Gasteiger partial charge in [0.2, 0.25) is 5.91 Å². The lowest BCUT2D eigenvalue weighted by atomic mass is 9.80. The van der Waals surface area contributed by atoms with Crippen molar-refractivity contribution in [2.75, 3.05) is 26.8 Å². The monoisotopic (exact) mass is 256 g/mol. The Kier molecular flexibility index (Phi) is 7.28. The van der Waals surface area contributed by atoms with Crippen LogP contribution >= 0.6 is 0 Å². The highest BCUT2D eigenvalue weighted by Gasteiger charge is 2.25. The molecule has 1 amide bonds. The van der Waals surface area contributed by atoms with Crippen LogP contribution in [-0.2, 0) is 9.53 Å². The summed E-state index contributed by atoms with van der Waals surface area (Å²) in [4.78, 5) is 11.6. The van der Waals surface area contributed by atoms with Gasteiger partial charge in [-0.3, -0.25) is 4.79 Å². The zero-order valence-electron chi connectivity index (χ0n) is 12.0. The van der Waals surface area contributed by atoms with E-state index in [2.05, 4.69) is 24.5 Å². The molecule has 3 unspecified atom stereocenters. The molecular weight excluding hydrogens is 228 g/mol. The first-order valence-corrected chi connectivity index (χ1v) is 7.12. The summed E-state index contributed by atoms with van der Waals surface area (Å²) < 4.78 is 4.94. The molecule has 0 aromatic rings. The van der Waals surface area contributed by atoms with Gasteiger partial charge in [0.15, 0.2) is 0 Å². The van der Waals surface area contributed by atoms with E-state index in [4.69, 9.17) is 4.74 Å². The third-order valence-corrected chi connectivity index (χ3v) is 3.80. The molecule has 1 fully saturated rings.